The lowest BCUT2D eigenvalue weighted by atomic mass is 9.92. The zero-order chi connectivity index (χ0) is 37.0. The van der Waals surface area contributed by atoms with Crippen LogP contribution in [0.15, 0.2) is 199 Å². The molecule has 3 aromatic heterocycles. The number of hydrogen-bond acceptors (Lipinski definition) is 4. The minimum absolute atomic E-state index is 0.582. The smallest absolute Gasteiger partial charge is 0.238 e. The fourth-order valence-electron chi connectivity index (χ4n) is 8.01. The molecule has 0 bridgehead atoms. The number of hydrogen-bond donors (Lipinski definition) is 0. The Hall–Kier alpha value is -7.63. The molecule has 5 nitrogen and oxygen atoms in total. The summed E-state index contributed by atoms with van der Waals surface area (Å²) in [5.41, 5.74) is 12.5. The van der Waals surface area contributed by atoms with Gasteiger partial charge in [-0.15, -0.1) is 0 Å². The van der Waals surface area contributed by atoms with Gasteiger partial charge in [0.25, 0.3) is 0 Å². The molecule has 11 rings (SSSR count). The second-order valence-corrected chi connectivity index (χ2v) is 14.0. The third-order valence-corrected chi connectivity index (χ3v) is 10.7. The van der Waals surface area contributed by atoms with E-state index >= 15 is 0 Å². The number of nitrogens with zero attached hydrogens (tertiary/aromatic N) is 4. The highest BCUT2D eigenvalue weighted by atomic mass is 16.3. The van der Waals surface area contributed by atoms with E-state index in [0.29, 0.717) is 17.6 Å². The van der Waals surface area contributed by atoms with Gasteiger partial charge < -0.3 is 4.42 Å². The van der Waals surface area contributed by atoms with E-state index in [4.69, 9.17) is 19.4 Å². The highest BCUT2D eigenvalue weighted by Gasteiger charge is 2.19. The molecule has 0 atom stereocenters. The summed E-state index contributed by atoms with van der Waals surface area (Å²) in [5, 5.41) is 4.55. The van der Waals surface area contributed by atoms with E-state index in [1.165, 1.54) is 0 Å². The van der Waals surface area contributed by atoms with Gasteiger partial charge in [-0.05, 0) is 69.8 Å². The molecule has 11 aromatic rings. The Labute approximate surface area is 322 Å². The van der Waals surface area contributed by atoms with Crippen molar-refractivity contribution in [3.05, 3.63) is 194 Å². The SMILES string of the molecule is c1ccc(-c2cc(-c3cccc(-c4ccc(-c5nc(-c6ccccc6)nc(-n6c7ccccc7c7ccccc76)n5)cc4)c3)c3c(c2)oc2ccccc23)cc1. The van der Waals surface area contributed by atoms with E-state index in [0.717, 1.165) is 88.3 Å². The average molecular weight is 717 g/mol. The third kappa shape index (κ3) is 5.37. The molecule has 0 fully saturated rings. The molecule has 0 saturated carbocycles. The number of furan rings is 1. The fraction of sp³-hybridized carbons (Fsp3) is 0. The Morgan fingerprint density at radius 1 is 0.339 bits per heavy atom. The van der Waals surface area contributed by atoms with Crippen LogP contribution in [0.3, 0.4) is 0 Å². The topological polar surface area (TPSA) is 56.7 Å². The van der Waals surface area contributed by atoms with Gasteiger partial charge in [0.1, 0.15) is 11.2 Å². The van der Waals surface area contributed by atoms with Crippen molar-refractivity contribution in [1.29, 1.82) is 0 Å². The highest BCUT2D eigenvalue weighted by molar-refractivity contribution is 6.14. The molecular weight excluding hydrogens is 685 g/mol. The van der Waals surface area contributed by atoms with Crippen molar-refractivity contribution in [3.63, 3.8) is 0 Å². The normalized spacial score (nSPS) is 11.6. The quantitative estimate of drug-likeness (QED) is 0.172. The van der Waals surface area contributed by atoms with Gasteiger partial charge in [0.2, 0.25) is 5.95 Å². The molecule has 0 aliphatic heterocycles. The second-order valence-electron chi connectivity index (χ2n) is 14.0. The van der Waals surface area contributed by atoms with E-state index in [2.05, 4.69) is 150 Å². The summed E-state index contributed by atoms with van der Waals surface area (Å²) in [6.07, 6.45) is 0. The van der Waals surface area contributed by atoms with Gasteiger partial charge in [0.05, 0.1) is 11.0 Å². The minimum atomic E-state index is 0.582. The van der Waals surface area contributed by atoms with Crippen molar-refractivity contribution in [2.75, 3.05) is 0 Å². The molecule has 0 aliphatic carbocycles. The van der Waals surface area contributed by atoms with Crippen molar-refractivity contribution in [2.45, 2.75) is 0 Å². The molecule has 262 valence electrons. The average Bonchev–Trinajstić information content (AvgIpc) is 3.83. The summed E-state index contributed by atoms with van der Waals surface area (Å²) < 4.78 is 8.59. The molecule has 0 aliphatic rings. The molecule has 56 heavy (non-hydrogen) atoms. The third-order valence-electron chi connectivity index (χ3n) is 10.7. The van der Waals surface area contributed by atoms with Crippen LogP contribution < -0.4 is 0 Å². The van der Waals surface area contributed by atoms with Crippen LogP contribution >= 0.6 is 0 Å². The molecule has 0 N–H and O–H groups in total. The Morgan fingerprint density at radius 3 is 1.55 bits per heavy atom. The summed E-state index contributed by atoms with van der Waals surface area (Å²) in [4.78, 5) is 15.3. The Bertz CT molecular complexity index is 3180. The van der Waals surface area contributed by atoms with Crippen LogP contribution in [0.25, 0.3) is 106 Å². The van der Waals surface area contributed by atoms with E-state index in [9.17, 15) is 0 Å². The van der Waals surface area contributed by atoms with Crippen LogP contribution in [0.5, 0.6) is 0 Å². The van der Waals surface area contributed by atoms with Crippen LogP contribution in [0.1, 0.15) is 0 Å². The summed E-state index contributed by atoms with van der Waals surface area (Å²) in [6.45, 7) is 0. The van der Waals surface area contributed by atoms with Crippen molar-refractivity contribution in [3.8, 4) is 62.1 Å². The van der Waals surface area contributed by atoms with Crippen molar-refractivity contribution < 1.29 is 4.42 Å². The lowest BCUT2D eigenvalue weighted by Gasteiger charge is -2.12. The summed E-state index contributed by atoms with van der Waals surface area (Å²) in [5.74, 6) is 1.82. The fourth-order valence-corrected chi connectivity index (χ4v) is 8.01. The van der Waals surface area contributed by atoms with Crippen molar-refractivity contribution in [2.24, 2.45) is 0 Å². The maximum Gasteiger partial charge on any atom is 0.238 e. The van der Waals surface area contributed by atoms with Crippen LogP contribution in [-0.4, -0.2) is 19.5 Å². The highest BCUT2D eigenvalue weighted by Crippen LogP contribution is 2.41. The lowest BCUT2D eigenvalue weighted by molar-refractivity contribution is 0.669. The van der Waals surface area contributed by atoms with Crippen molar-refractivity contribution >= 4 is 43.7 Å². The maximum atomic E-state index is 6.44. The maximum absolute atomic E-state index is 6.44. The van der Waals surface area contributed by atoms with Gasteiger partial charge in [-0.1, -0.05) is 158 Å². The van der Waals surface area contributed by atoms with E-state index in [-0.39, 0.29) is 0 Å². The molecule has 3 heterocycles. The van der Waals surface area contributed by atoms with Gasteiger partial charge in [-0.3, -0.25) is 4.57 Å². The Morgan fingerprint density at radius 2 is 0.857 bits per heavy atom. The molecule has 8 aromatic carbocycles. The predicted molar refractivity (Wildman–Crippen MR) is 229 cm³/mol. The summed E-state index contributed by atoms with van der Waals surface area (Å²) in [6, 6.07) is 67.5. The number of fused-ring (bicyclic) bond motifs is 6. The van der Waals surface area contributed by atoms with Crippen LogP contribution in [0.4, 0.5) is 0 Å². The monoisotopic (exact) mass is 716 g/mol. The number of rotatable bonds is 6. The Balaban J connectivity index is 1.02. The standard InChI is InChI=1S/C51H32N4O/c1-3-14-33(15-4-1)39-31-43(48-42-22-9-12-25-46(42)56-47(48)32-39)38-19-13-18-37(30-38)34-26-28-36(29-27-34)50-52-49(35-16-5-2-6-17-35)53-51(54-50)55-44-23-10-7-20-40(44)41-21-8-11-24-45(41)55/h1-32H. The van der Waals surface area contributed by atoms with Gasteiger partial charge in [-0.2, -0.15) is 9.97 Å². The van der Waals surface area contributed by atoms with Crippen LogP contribution in [-0.2, 0) is 0 Å². The summed E-state index contributed by atoms with van der Waals surface area (Å²) in [7, 11) is 0. The van der Waals surface area contributed by atoms with Gasteiger partial charge in [0, 0.05) is 32.7 Å². The van der Waals surface area contributed by atoms with Gasteiger partial charge >= 0.3 is 0 Å². The second kappa shape index (κ2) is 13.0. The largest absolute Gasteiger partial charge is 0.456 e. The zero-order valence-corrected chi connectivity index (χ0v) is 30.2. The molecule has 5 heteroatoms. The van der Waals surface area contributed by atoms with Gasteiger partial charge in [-0.25, -0.2) is 4.98 Å². The van der Waals surface area contributed by atoms with E-state index in [1.807, 2.05) is 48.5 Å². The van der Waals surface area contributed by atoms with Crippen LogP contribution in [0, 0.1) is 0 Å². The Kier molecular flexibility index (Phi) is 7.42. The van der Waals surface area contributed by atoms with Crippen molar-refractivity contribution in [1.82, 2.24) is 19.5 Å². The number of para-hydroxylation sites is 3. The van der Waals surface area contributed by atoms with Gasteiger partial charge in [0.15, 0.2) is 11.6 Å². The molecule has 0 radical (unpaired) electrons. The first-order chi connectivity index (χ1) is 27.7. The molecular formula is C51H32N4O. The minimum Gasteiger partial charge on any atom is -0.456 e. The summed E-state index contributed by atoms with van der Waals surface area (Å²) >= 11 is 0. The molecule has 0 spiro atoms. The first-order valence-corrected chi connectivity index (χ1v) is 18.8. The van der Waals surface area contributed by atoms with Crippen LogP contribution in [0.2, 0.25) is 0 Å². The number of aromatic nitrogens is 4. The first kappa shape index (κ1) is 31.9. The zero-order valence-electron chi connectivity index (χ0n) is 30.2. The first-order valence-electron chi connectivity index (χ1n) is 18.8. The lowest BCUT2D eigenvalue weighted by Crippen LogP contribution is -2.06. The van der Waals surface area contributed by atoms with E-state index < -0.39 is 0 Å². The molecule has 0 saturated heterocycles. The molecule has 0 unspecified atom stereocenters. The predicted octanol–water partition coefficient (Wildman–Crippen LogP) is 13.2. The van der Waals surface area contributed by atoms with E-state index in [1.54, 1.807) is 0 Å². The molecule has 0 amide bonds. The number of benzene rings is 8.